The summed E-state index contributed by atoms with van der Waals surface area (Å²) in [6.45, 7) is 1.35. The smallest absolute Gasteiger partial charge is 0.335 e. The van der Waals surface area contributed by atoms with Gasteiger partial charge in [0.05, 0.1) is 22.3 Å². The molecule has 0 saturated heterocycles. The van der Waals surface area contributed by atoms with Crippen LogP contribution >= 0.6 is 0 Å². The van der Waals surface area contributed by atoms with E-state index in [1.807, 2.05) is 0 Å². The van der Waals surface area contributed by atoms with E-state index < -0.39 is 53.0 Å². The van der Waals surface area contributed by atoms with Crippen molar-refractivity contribution in [1.82, 2.24) is 20.2 Å². The molecule has 4 aromatic rings. The minimum absolute atomic E-state index is 0.0282. The van der Waals surface area contributed by atoms with Crippen LogP contribution in [0.1, 0.15) is 44.4 Å². The number of aromatic carboxylic acids is 1. The monoisotopic (exact) mass is 680 g/mol. The fourth-order valence-corrected chi connectivity index (χ4v) is 4.79. The van der Waals surface area contributed by atoms with Crippen LogP contribution in [0, 0.1) is 0 Å². The van der Waals surface area contributed by atoms with Gasteiger partial charge in [-0.05, 0) is 74.0 Å². The Bertz CT molecular complexity index is 2150. The van der Waals surface area contributed by atoms with Gasteiger partial charge in [0.2, 0.25) is 6.04 Å². The first-order valence-electron chi connectivity index (χ1n) is 14.9. The number of fused-ring (bicyclic) bond motifs is 1. The van der Waals surface area contributed by atoms with Crippen LogP contribution in [0.3, 0.4) is 0 Å². The molecule has 1 aromatic heterocycles. The Balaban J connectivity index is 1.20. The molecule has 1 atom stereocenters. The Morgan fingerprint density at radius 1 is 0.780 bits per heavy atom. The molecule has 1 unspecified atom stereocenters. The van der Waals surface area contributed by atoms with Gasteiger partial charge in [0.25, 0.3) is 29.5 Å². The maximum atomic E-state index is 13.0. The number of hydrogen-bond donors (Lipinski definition) is 6. The van der Waals surface area contributed by atoms with Gasteiger partial charge in [0.15, 0.2) is 5.78 Å². The second kappa shape index (κ2) is 14.8. The SMILES string of the molecule is CC(=O)C(/N=N/c1ccc(C(=O)Nc2cc(C(=O)O)cc(C(=O)NCCCN3C(=O)C=CC3=O)c2)cc1)C(=O)Nc1ccc2[nH]c(=O)[nH]c2c1. The number of aromatic nitrogens is 2. The third-order valence-electron chi connectivity index (χ3n) is 7.28. The van der Waals surface area contributed by atoms with Crippen molar-refractivity contribution in [2.45, 2.75) is 19.4 Å². The number of carboxylic acids is 1. The molecule has 17 heteroatoms. The molecular weight excluding hydrogens is 652 g/mol. The van der Waals surface area contributed by atoms with Crippen molar-refractivity contribution in [3.8, 4) is 0 Å². The third kappa shape index (κ3) is 8.26. The Hall–Kier alpha value is -7.04. The summed E-state index contributed by atoms with van der Waals surface area (Å²) in [4.78, 5) is 103. The molecule has 0 saturated carbocycles. The second-order valence-electron chi connectivity index (χ2n) is 10.9. The van der Waals surface area contributed by atoms with Crippen molar-refractivity contribution in [3.05, 3.63) is 100.0 Å². The number of hydrogen-bond acceptors (Lipinski definition) is 10. The number of amides is 5. The summed E-state index contributed by atoms with van der Waals surface area (Å²) in [7, 11) is 0. The molecule has 6 N–H and O–H groups in total. The minimum Gasteiger partial charge on any atom is -0.478 e. The third-order valence-corrected chi connectivity index (χ3v) is 7.28. The molecule has 0 bridgehead atoms. The molecule has 254 valence electrons. The lowest BCUT2D eigenvalue weighted by Gasteiger charge is -2.14. The van der Waals surface area contributed by atoms with Crippen molar-refractivity contribution in [2.75, 3.05) is 23.7 Å². The zero-order valence-corrected chi connectivity index (χ0v) is 26.2. The number of imide groups is 1. The van der Waals surface area contributed by atoms with Crippen LogP contribution in [-0.4, -0.2) is 80.4 Å². The molecule has 50 heavy (non-hydrogen) atoms. The molecule has 5 amide bonds. The molecule has 0 aliphatic carbocycles. The van der Waals surface area contributed by atoms with E-state index in [0.717, 1.165) is 23.1 Å². The summed E-state index contributed by atoms with van der Waals surface area (Å²) >= 11 is 0. The topological polar surface area (TPSA) is 252 Å². The molecule has 1 aliphatic rings. The van der Waals surface area contributed by atoms with Crippen LogP contribution in [0.4, 0.5) is 17.1 Å². The summed E-state index contributed by atoms with van der Waals surface area (Å²) in [6, 6.07) is 12.4. The second-order valence-corrected chi connectivity index (χ2v) is 10.9. The van der Waals surface area contributed by atoms with Crippen molar-refractivity contribution in [3.63, 3.8) is 0 Å². The number of Topliss-reactive ketones (excluding diaryl/α,β-unsaturated/α-hetero) is 1. The van der Waals surface area contributed by atoms with Gasteiger partial charge in [0.1, 0.15) is 0 Å². The summed E-state index contributed by atoms with van der Waals surface area (Å²) in [5.41, 5.74) is 0.972. The Kier molecular flexibility index (Phi) is 10.2. The number of aromatic amines is 2. The number of ketones is 1. The predicted octanol–water partition coefficient (Wildman–Crippen LogP) is 2.53. The first kappa shape index (κ1) is 34.3. The number of anilines is 2. The number of carbonyl (C=O) groups is 7. The van der Waals surface area contributed by atoms with Gasteiger partial charge in [-0.3, -0.25) is 33.7 Å². The van der Waals surface area contributed by atoms with Crippen molar-refractivity contribution in [1.29, 1.82) is 0 Å². The van der Waals surface area contributed by atoms with Gasteiger partial charge < -0.3 is 31.0 Å². The highest BCUT2D eigenvalue weighted by Gasteiger charge is 2.24. The number of nitrogens with zero attached hydrogens (tertiary/aromatic N) is 3. The van der Waals surface area contributed by atoms with Gasteiger partial charge in [0, 0.05) is 47.7 Å². The molecule has 1 aliphatic heterocycles. The van der Waals surface area contributed by atoms with Gasteiger partial charge in [-0.25, -0.2) is 9.59 Å². The van der Waals surface area contributed by atoms with Crippen LogP contribution < -0.4 is 21.6 Å². The number of benzene rings is 3. The lowest BCUT2D eigenvalue weighted by Crippen LogP contribution is -2.33. The highest BCUT2D eigenvalue weighted by atomic mass is 16.4. The Morgan fingerprint density at radius 3 is 2.14 bits per heavy atom. The van der Waals surface area contributed by atoms with Crippen LogP contribution in [0.15, 0.2) is 87.8 Å². The lowest BCUT2D eigenvalue weighted by molar-refractivity contribution is -0.137. The van der Waals surface area contributed by atoms with Gasteiger partial charge in [-0.1, -0.05) is 0 Å². The summed E-state index contributed by atoms with van der Waals surface area (Å²) in [5, 5.41) is 25.1. The average molecular weight is 681 g/mol. The van der Waals surface area contributed by atoms with E-state index in [1.165, 1.54) is 49.4 Å². The van der Waals surface area contributed by atoms with E-state index in [-0.39, 0.29) is 47.6 Å². The molecule has 0 fully saturated rings. The fourth-order valence-electron chi connectivity index (χ4n) is 4.79. The highest BCUT2D eigenvalue weighted by Crippen LogP contribution is 2.20. The molecular formula is C33H28N8O9. The number of nitrogens with one attached hydrogen (secondary N) is 5. The molecule has 0 radical (unpaired) electrons. The molecule has 0 spiro atoms. The number of imidazole rings is 1. The summed E-state index contributed by atoms with van der Waals surface area (Å²) in [5.74, 6) is -4.83. The predicted molar refractivity (Wildman–Crippen MR) is 177 cm³/mol. The Morgan fingerprint density at radius 2 is 1.46 bits per heavy atom. The average Bonchev–Trinajstić information content (AvgIpc) is 3.61. The normalized spacial score (nSPS) is 13.1. The van der Waals surface area contributed by atoms with E-state index >= 15 is 0 Å². The van der Waals surface area contributed by atoms with Crippen molar-refractivity contribution in [2.24, 2.45) is 10.2 Å². The number of carboxylic acid groups (broad SMARTS) is 1. The van der Waals surface area contributed by atoms with Crippen LogP contribution in [0.5, 0.6) is 0 Å². The van der Waals surface area contributed by atoms with Gasteiger partial charge in [-0.15, -0.1) is 0 Å². The van der Waals surface area contributed by atoms with Crippen LogP contribution in [-0.2, 0) is 19.2 Å². The number of rotatable bonds is 13. The highest BCUT2D eigenvalue weighted by molar-refractivity contribution is 6.13. The maximum absolute atomic E-state index is 13.0. The number of H-pyrrole nitrogens is 2. The number of carbonyl (C=O) groups excluding carboxylic acids is 6. The molecule has 2 heterocycles. The lowest BCUT2D eigenvalue weighted by atomic mass is 10.1. The first-order chi connectivity index (χ1) is 23.9. The Labute approximate surface area is 281 Å². The zero-order valence-electron chi connectivity index (χ0n) is 26.2. The van der Waals surface area contributed by atoms with E-state index in [4.69, 9.17) is 0 Å². The maximum Gasteiger partial charge on any atom is 0.335 e. The van der Waals surface area contributed by atoms with E-state index in [2.05, 4.69) is 36.1 Å². The fraction of sp³-hybridized carbons (Fsp3) is 0.152. The van der Waals surface area contributed by atoms with Gasteiger partial charge in [-0.2, -0.15) is 10.2 Å². The van der Waals surface area contributed by atoms with E-state index in [1.54, 1.807) is 12.1 Å². The molecule has 17 nitrogen and oxygen atoms in total. The van der Waals surface area contributed by atoms with Gasteiger partial charge >= 0.3 is 11.7 Å². The van der Waals surface area contributed by atoms with Crippen molar-refractivity contribution < 1.29 is 38.7 Å². The first-order valence-corrected chi connectivity index (χ1v) is 14.9. The zero-order chi connectivity index (χ0) is 35.9. The largest absolute Gasteiger partial charge is 0.478 e. The summed E-state index contributed by atoms with van der Waals surface area (Å²) < 4.78 is 0. The summed E-state index contributed by atoms with van der Waals surface area (Å²) in [6.07, 6.45) is 2.57. The number of azo groups is 1. The molecule has 3 aromatic carbocycles. The quantitative estimate of drug-likeness (QED) is 0.0524. The minimum atomic E-state index is -1.48. The van der Waals surface area contributed by atoms with E-state index in [0.29, 0.717) is 16.7 Å². The van der Waals surface area contributed by atoms with E-state index in [9.17, 15) is 43.5 Å². The molecule has 5 rings (SSSR count). The standard InChI is InChI=1S/C33H28N8O9/c1-17(42)28(31(47)35-22-7-8-24-25(16-22)38-33(50)37-24)40-39-21-5-3-18(4-6-21)30(46)36-23-14-19(13-20(15-23)32(48)49)29(45)34-11-2-12-41-26(43)9-10-27(41)44/h3-10,13-16,28H,2,11-12H2,1H3,(H,34,45)(H,35,47)(H,36,46)(H,48,49)(H2,37,38,50)/b40-39+. The van der Waals surface area contributed by atoms with Crippen LogP contribution in [0.2, 0.25) is 0 Å². The van der Waals surface area contributed by atoms with Crippen LogP contribution in [0.25, 0.3) is 11.0 Å². The van der Waals surface area contributed by atoms with Crippen molar-refractivity contribution >= 4 is 69.4 Å².